The minimum atomic E-state index is -1.03. The number of aromatic nitrogens is 1. The number of nitrogens with two attached hydrogens (primary N) is 1. The Morgan fingerprint density at radius 3 is 2.67 bits per heavy atom. The van der Waals surface area contributed by atoms with Crippen LogP contribution in [0.15, 0.2) is 36.5 Å². The molecule has 1 aromatic carbocycles. The number of benzene rings is 1. The van der Waals surface area contributed by atoms with Gasteiger partial charge in [-0.05, 0) is 36.8 Å². The highest BCUT2D eigenvalue weighted by Gasteiger charge is 2.08. The number of carbonyl (C=O) groups excluding carboxylic acids is 1. The predicted molar refractivity (Wildman–Crippen MR) is 78.0 cm³/mol. The molecule has 0 aliphatic rings. The van der Waals surface area contributed by atoms with Gasteiger partial charge in [0.25, 0.3) is 5.91 Å². The summed E-state index contributed by atoms with van der Waals surface area (Å²) in [5, 5.41) is 11.6. The number of anilines is 1. The van der Waals surface area contributed by atoms with Crippen molar-refractivity contribution in [3.05, 3.63) is 58.9 Å². The van der Waals surface area contributed by atoms with Gasteiger partial charge in [0.15, 0.2) is 0 Å². The van der Waals surface area contributed by atoms with Crippen molar-refractivity contribution in [2.24, 2.45) is 0 Å². The van der Waals surface area contributed by atoms with Crippen molar-refractivity contribution < 1.29 is 14.7 Å². The fourth-order valence-electron chi connectivity index (χ4n) is 1.76. The molecule has 0 spiro atoms. The molecule has 1 aromatic heterocycles. The van der Waals surface area contributed by atoms with Crippen molar-refractivity contribution in [1.29, 1.82) is 0 Å². The normalized spacial score (nSPS) is 10.1. The van der Waals surface area contributed by atoms with Gasteiger partial charge in [0.2, 0.25) is 0 Å². The average molecular weight is 285 g/mol. The third-order valence-electron chi connectivity index (χ3n) is 3.04. The molecule has 21 heavy (non-hydrogen) atoms. The van der Waals surface area contributed by atoms with Crippen LogP contribution in [0, 0.1) is 6.92 Å². The van der Waals surface area contributed by atoms with Crippen LogP contribution < -0.4 is 11.1 Å². The summed E-state index contributed by atoms with van der Waals surface area (Å²) >= 11 is 0. The molecular formula is C15H15N3O3. The average Bonchev–Trinajstić information content (AvgIpc) is 2.48. The molecule has 2 aromatic rings. The highest BCUT2D eigenvalue weighted by Crippen LogP contribution is 2.13. The molecule has 6 heteroatoms. The van der Waals surface area contributed by atoms with Crippen LogP contribution in [0.1, 0.15) is 32.0 Å². The van der Waals surface area contributed by atoms with Crippen LogP contribution in [0.4, 0.5) is 5.69 Å². The van der Waals surface area contributed by atoms with Crippen LogP contribution in [-0.4, -0.2) is 22.0 Å². The monoisotopic (exact) mass is 285 g/mol. The van der Waals surface area contributed by atoms with E-state index in [-0.39, 0.29) is 18.0 Å². The topological polar surface area (TPSA) is 105 Å². The van der Waals surface area contributed by atoms with Gasteiger partial charge in [-0.15, -0.1) is 0 Å². The summed E-state index contributed by atoms with van der Waals surface area (Å²) in [6.45, 7) is 2.01. The standard InChI is InChI=1S/C15H15N3O3/c1-9-2-3-10(7-13(9)16)14(19)18-8-12-6-11(15(20)21)4-5-17-12/h2-7H,8,16H2,1H3,(H,18,19)(H,20,21). The Bertz CT molecular complexity index is 698. The van der Waals surface area contributed by atoms with Gasteiger partial charge in [0.05, 0.1) is 17.8 Å². The number of carboxylic acids is 1. The maximum atomic E-state index is 12.0. The zero-order valence-corrected chi connectivity index (χ0v) is 11.5. The van der Waals surface area contributed by atoms with Crippen molar-refractivity contribution in [1.82, 2.24) is 10.3 Å². The molecule has 0 saturated carbocycles. The van der Waals surface area contributed by atoms with E-state index >= 15 is 0 Å². The fourth-order valence-corrected chi connectivity index (χ4v) is 1.76. The Hall–Kier alpha value is -2.89. The third kappa shape index (κ3) is 3.56. The van der Waals surface area contributed by atoms with E-state index in [4.69, 9.17) is 10.8 Å². The van der Waals surface area contributed by atoms with Gasteiger partial charge in [-0.2, -0.15) is 0 Å². The van der Waals surface area contributed by atoms with Crippen molar-refractivity contribution in [2.45, 2.75) is 13.5 Å². The van der Waals surface area contributed by atoms with Crippen LogP contribution in [0.3, 0.4) is 0 Å². The van der Waals surface area contributed by atoms with E-state index < -0.39 is 5.97 Å². The lowest BCUT2D eigenvalue weighted by Gasteiger charge is -2.07. The second kappa shape index (κ2) is 6.04. The molecule has 108 valence electrons. The molecule has 2 rings (SSSR count). The predicted octanol–water partition coefficient (Wildman–Crippen LogP) is 1.60. The number of aryl methyl sites for hydroxylation is 1. The summed E-state index contributed by atoms with van der Waals surface area (Å²) in [6.07, 6.45) is 1.40. The number of aromatic carboxylic acids is 1. The van der Waals surface area contributed by atoms with Gasteiger partial charge in [-0.1, -0.05) is 6.07 Å². The number of nitrogens with one attached hydrogen (secondary N) is 1. The first-order chi connectivity index (χ1) is 9.97. The van der Waals surface area contributed by atoms with Crippen LogP contribution in [0.2, 0.25) is 0 Å². The van der Waals surface area contributed by atoms with Crippen LogP contribution in [-0.2, 0) is 6.54 Å². The molecule has 0 saturated heterocycles. The maximum Gasteiger partial charge on any atom is 0.335 e. The summed E-state index contributed by atoms with van der Waals surface area (Å²) in [4.78, 5) is 26.9. The van der Waals surface area contributed by atoms with E-state index in [9.17, 15) is 9.59 Å². The minimum Gasteiger partial charge on any atom is -0.478 e. The van der Waals surface area contributed by atoms with Crippen LogP contribution in [0.5, 0.6) is 0 Å². The first-order valence-corrected chi connectivity index (χ1v) is 6.30. The molecule has 0 bridgehead atoms. The summed E-state index contributed by atoms with van der Waals surface area (Å²) < 4.78 is 0. The maximum absolute atomic E-state index is 12.0. The number of hydrogen-bond donors (Lipinski definition) is 3. The first-order valence-electron chi connectivity index (χ1n) is 6.30. The molecule has 0 aliphatic heterocycles. The lowest BCUT2D eigenvalue weighted by molar-refractivity contribution is 0.0696. The molecule has 1 heterocycles. The van der Waals surface area contributed by atoms with Crippen LogP contribution >= 0.6 is 0 Å². The van der Waals surface area contributed by atoms with Gasteiger partial charge >= 0.3 is 5.97 Å². The zero-order chi connectivity index (χ0) is 15.4. The number of amides is 1. The lowest BCUT2D eigenvalue weighted by atomic mass is 10.1. The minimum absolute atomic E-state index is 0.133. The van der Waals surface area contributed by atoms with Gasteiger partial charge in [-0.3, -0.25) is 9.78 Å². The van der Waals surface area contributed by atoms with E-state index in [0.29, 0.717) is 16.9 Å². The van der Waals surface area contributed by atoms with E-state index in [2.05, 4.69) is 10.3 Å². The van der Waals surface area contributed by atoms with Crippen molar-refractivity contribution in [3.63, 3.8) is 0 Å². The van der Waals surface area contributed by atoms with E-state index in [1.165, 1.54) is 18.3 Å². The van der Waals surface area contributed by atoms with Gasteiger partial charge in [0.1, 0.15) is 0 Å². The van der Waals surface area contributed by atoms with E-state index in [0.717, 1.165) is 5.56 Å². The van der Waals surface area contributed by atoms with Crippen molar-refractivity contribution in [2.75, 3.05) is 5.73 Å². The Balaban J connectivity index is 2.05. The number of pyridine rings is 1. The highest BCUT2D eigenvalue weighted by molar-refractivity contribution is 5.95. The number of nitrogens with zero attached hydrogens (tertiary/aromatic N) is 1. The Morgan fingerprint density at radius 1 is 1.24 bits per heavy atom. The quantitative estimate of drug-likeness (QED) is 0.740. The summed E-state index contributed by atoms with van der Waals surface area (Å²) in [5.41, 5.74) is 8.28. The molecular weight excluding hydrogens is 270 g/mol. The summed E-state index contributed by atoms with van der Waals surface area (Å²) in [6, 6.07) is 7.88. The second-order valence-electron chi connectivity index (χ2n) is 4.60. The summed E-state index contributed by atoms with van der Waals surface area (Å²) in [7, 11) is 0. The molecule has 0 radical (unpaired) electrons. The van der Waals surface area contributed by atoms with Crippen LogP contribution in [0.25, 0.3) is 0 Å². The highest BCUT2D eigenvalue weighted by atomic mass is 16.4. The Kier molecular flexibility index (Phi) is 4.18. The third-order valence-corrected chi connectivity index (χ3v) is 3.04. The number of hydrogen-bond acceptors (Lipinski definition) is 4. The van der Waals surface area contributed by atoms with E-state index in [1.54, 1.807) is 18.2 Å². The smallest absolute Gasteiger partial charge is 0.335 e. The number of carboxylic acid groups (broad SMARTS) is 1. The zero-order valence-electron chi connectivity index (χ0n) is 11.5. The molecule has 6 nitrogen and oxygen atoms in total. The Morgan fingerprint density at radius 2 is 2.00 bits per heavy atom. The molecule has 0 atom stereocenters. The van der Waals surface area contributed by atoms with Crippen molar-refractivity contribution in [3.8, 4) is 0 Å². The second-order valence-corrected chi connectivity index (χ2v) is 4.60. The van der Waals surface area contributed by atoms with E-state index in [1.807, 2.05) is 6.92 Å². The SMILES string of the molecule is Cc1ccc(C(=O)NCc2cc(C(=O)O)ccn2)cc1N. The molecule has 1 amide bonds. The molecule has 4 N–H and O–H groups in total. The number of nitrogen functional groups attached to an aromatic ring is 1. The summed E-state index contributed by atoms with van der Waals surface area (Å²) in [5.74, 6) is -1.32. The molecule has 0 aliphatic carbocycles. The lowest BCUT2D eigenvalue weighted by Crippen LogP contribution is -2.23. The van der Waals surface area contributed by atoms with Gasteiger partial charge in [0, 0.05) is 17.4 Å². The molecule has 0 fully saturated rings. The number of carbonyl (C=O) groups is 2. The number of rotatable bonds is 4. The van der Waals surface area contributed by atoms with Gasteiger partial charge in [-0.25, -0.2) is 4.79 Å². The first kappa shape index (κ1) is 14.5. The fraction of sp³-hybridized carbons (Fsp3) is 0.133. The Labute approximate surface area is 121 Å². The van der Waals surface area contributed by atoms with Gasteiger partial charge < -0.3 is 16.2 Å². The van der Waals surface area contributed by atoms with Crippen molar-refractivity contribution >= 4 is 17.6 Å². The molecule has 0 unspecified atom stereocenters. The largest absolute Gasteiger partial charge is 0.478 e.